The smallest absolute Gasteiger partial charge is 0.0734 e. The third-order valence-corrected chi connectivity index (χ3v) is 3.93. The highest BCUT2D eigenvalue weighted by atomic mass is 15.3. The Morgan fingerprint density at radius 3 is 1.91 bits per heavy atom. The highest BCUT2D eigenvalue weighted by Crippen LogP contribution is 2.25. The largest absolute Gasteiger partial charge is 0.240 e. The Morgan fingerprint density at radius 2 is 1.26 bits per heavy atom. The van der Waals surface area contributed by atoms with Crippen molar-refractivity contribution in [1.29, 1.82) is 0 Å². The Bertz CT molecular complexity index is 909. The fraction of sp³-hybridized carbons (Fsp3) is 0. The predicted molar refractivity (Wildman–Crippen MR) is 95.9 cm³/mol. The average molecular weight is 296 g/mol. The van der Waals surface area contributed by atoms with Gasteiger partial charge in [0.05, 0.1) is 11.7 Å². The third-order valence-electron chi connectivity index (χ3n) is 3.93. The van der Waals surface area contributed by atoms with Gasteiger partial charge in [-0.15, -0.1) is 0 Å². The Hall–Kier alpha value is -3.13. The van der Waals surface area contributed by atoms with Crippen LogP contribution < -0.4 is 0 Å². The summed E-state index contributed by atoms with van der Waals surface area (Å²) in [5.74, 6) is 0. The average Bonchev–Trinajstić information content (AvgIpc) is 3.04. The van der Waals surface area contributed by atoms with Crippen LogP contribution in [0.4, 0.5) is 0 Å². The Balaban J connectivity index is 1.92. The molecule has 0 saturated heterocycles. The lowest BCUT2D eigenvalue weighted by Crippen LogP contribution is -1.94. The van der Waals surface area contributed by atoms with Crippen molar-refractivity contribution in [3.8, 4) is 0 Å². The van der Waals surface area contributed by atoms with E-state index in [1.807, 2.05) is 35.1 Å². The molecule has 0 saturated carbocycles. The molecule has 0 radical (unpaired) electrons. The predicted octanol–water partition coefficient (Wildman–Crippen LogP) is 5.08. The number of fused-ring (bicyclic) bond motifs is 1. The zero-order valence-corrected chi connectivity index (χ0v) is 12.6. The van der Waals surface area contributed by atoms with Gasteiger partial charge in [0.25, 0.3) is 0 Å². The fourth-order valence-electron chi connectivity index (χ4n) is 2.77. The third kappa shape index (κ3) is 2.67. The summed E-state index contributed by atoms with van der Waals surface area (Å²) in [5, 5.41) is 5.67. The lowest BCUT2D eigenvalue weighted by molar-refractivity contribution is 0.967. The van der Waals surface area contributed by atoms with Crippen LogP contribution in [0.15, 0.2) is 91.1 Å². The molecule has 0 aliphatic carbocycles. The molecular weight excluding hydrogens is 280 g/mol. The molecule has 0 aliphatic heterocycles. The quantitative estimate of drug-likeness (QED) is 0.515. The van der Waals surface area contributed by atoms with E-state index in [9.17, 15) is 0 Å². The summed E-state index contributed by atoms with van der Waals surface area (Å²) < 4.78 is 1.95. The van der Waals surface area contributed by atoms with Gasteiger partial charge in [0, 0.05) is 17.2 Å². The fourth-order valence-corrected chi connectivity index (χ4v) is 2.77. The molecule has 23 heavy (non-hydrogen) atoms. The molecule has 0 spiro atoms. The van der Waals surface area contributed by atoms with Crippen molar-refractivity contribution in [2.75, 3.05) is 0 Å². The molecule has 3 aromatic carbocycles. The molecule has 110 valence electrons. The van der Waals surface area contributed by atoms with Crippen molar-refractivity contribution in [2.24, 2.45) is 0 Å². The van der Waals surface area contributed by atoms with Gasteiger partial charge in [0.1, 0.15) is 0 Å². The molecular formula is C21H16N2. The molecule has 2 nitrogen and oxygen atoms in total. The van der Waals surface area contributed by atoms with E-state index < -0.39 is 0 Å². The lowest BCUT2D eigenvalue weighted by Gasteiger charge is -2.09. The lowest BCUT2D eigenvalue weighted by atomic mass is 9.99. The van der Waals surface area contributed by atoms with E-state index in [4.69, 9.17) is 0 Å². The first-order valence-electron chi connectivity index (χ1n) is 7.67. The molecule has 4 rings (SSSR count). The molecule has 0 unspecified atom stereocenters. The number of hydrogen-bond donors (Lipinski definition) is 0. The van der Waals surface area contributed by atoms with Crippen molar-refractivity contribution in [3.63, 3.8) is 0 Å². The molecule has 2 heteroatoms. The van der Waals surface area contributed by atoms with Gasteiger partial charge in [0.2, 0.25) is 0 Å². The molecule has 1 heterocycles. The number of para-hydroxylation sites is 1. The molecule has 0 N–H and O–H groups in total. The molecule has 1 aromatic heterocycles. The van der Waals surface area contributed by atoms with Crippen LogP contribution in [0.5, 0.6) is 0 Å². The second-order valence-electron chi connectivity index (χ2n) is 5.42. The van der Waals surface area contributed by atoms with Gasteiger partial charge in [-0.3, -0.25) is 0 Å². The van der Waals surface area contributed by atoms with Crippen molar-refractivity contribution in [2.45, 2.75) is 0 Å². The Kier molecular flexibility index (Phi) is 3.49. The summed E-state index contributed by atoms with van der Waals surface area (Å²) in [7, 11) is 0. The summed E-state index contributed by atoms with van der Waals surface area (Å²) in [6.07, 6.45) is 4.01. The van der Waals surface area contributed by atoms with Gasteiger partial charge in [0.15, 0.2) is 0 Å². The zero-order chi connectivity index (χ0) is 15.5. The number of hydrogen-bond acceptors (Lipinski definition) is 1. The van der Waals surface area contributed by atoms with Crippen LogP contribution >= 0.6 is 0 Å². The molecule has 0 amide bonds. The summed E-state index contributed by atoms with van der Waals surface area (Å²) in [6, 6.07) is 29.1. The minimum Gasteiger partial charge on any atom is -0.240 e. The van der Waals surface area contributed by atoms with Gasteiger partial charge < -0.3 is 0 Å². The van der Waals surface area contributed by atoms with Crippen LogP contribution in [0.2, 0.25) is 0 Å². The van der Waals surface area contributed by atoms with Gasteiger partial charge in [-0.1, -0.05) is 78.9 Å². The maximum Gasteiger partial charge on any atom is 0.0734 e. The number of aromatic nitrogens is 2. The van der Waals surface area contributed by atoms with E-state index in [0.29, 0.717) is 0 Å². The standard InChI is InChI=1S/C21H16N2/c1-3-9-17(10-4-1)20(18-11-5-2-6-12-18)16-23-21-14-8-7-13-19(21)15-22-23/h1-16H. The first kappa shape index (κ1) is 13.5. The van der Waals surface area contributed by atoms with Crippen molar-refractivity contribution < 1.29 is 0 Å². The molecule has 0 fully saturated rings. The maximum absolute atomic E-state index is 4.53. The van der Waals surface area contributed by atoms with Gasteiger partial charge in [-0.2, -0.15) is 5.10 Å². The molecule has 0 aliphatic rings. The normalized spacial score (nSPS) is 10.6. The van der Waals surface area contributed by atoms with Crippen molar-refractivity contribution >= 4 is 22.7 Å². The molecule has 0 atom stereocenters. The zero-order valence-electron chi connectivity index (χ0n) is 12.6. The van der Waals surface area contributed by atoms with Crippen LogP contribution in [-0.4, -0.2) is 9.78 Å². The van der Waals surface area contributed by atoms with Gasteiger partial charge in [-0.05, 0) is 17.2 Å². The summed E-state index contributed by atoms with van der Waals surface area (Å²) >= 11 is 0. The summed E-state index contributed by atoms with van der Waals surface area (Å²) in [4.78, 5) is 0. The maximum atomic E-state index is 4.53. The second-order valence-corrected chi connectivity index (χ2v) is 5.42. The van der Waals surface area contributed by atoms with Crippen molar-refractivity contribution in [1.82, 2.24) is 9.78 Å². The van der Waals surface area contributed by atoms with Crippen LogP contribution in [0.1, 0.15) is 11.1 Å². The van der Waals surface area contributed by atoms with Crippen LogP contribution in [0.25, 0.3) is 22.7 Å². The van der Waals surface area contributed by atoms with Gasteiger partial charge >= 0.3 is 0 Å². The van der Waals surface area contributed by atoms with E-state index >= 15 is 0 Å². The number of benzene rings is 3. The number of rotatable bonds is 3. The minimum absolute atomic E-state index is 1.11. The van der Waals surface area contributed by atoms with Gasteiger partial charge in [-0.25, -0.2) is 4.68 Å². The first-order chi connectivity index (χ1) is 11.4. The second kappa shape index (κ2) is 5.93. The minimum atomic E-state index is 1.11. The Morgan fingerprint density at radius 1 is 0.696 bits per heavy atom. The SMILES string of the molecule is C(=C(c1ccccc1)c1ccccc1)n1ncc2ccccc21. The highest BCUT2D eigenvalue weighted by molar-refractivity contribution is 5.90. The summed E-state index contributed by atoms with van der Waals surface area (Å²) in [5.41, 5.74) is 4.62. The first-order valence-corrected chi connectivity index (χ1v) is 7.67. The van der Waals surface area contributed by atoms with Crippen LogP contribution in [0.3, 0.4) is 0 Å². The topological polar surface area (TPSA) is 17.8 Å². The monoisotopic (exact) mass is 296 g/mol. The molecule has 0 bridgehead atoms. The highest BCUT2D eigenvalue weighted by Gasteiger charge is 2.06. The summed E-state index contributed by atoms with van der Waals surface area (Å²) in [6.45, 7) is 0. The number of nitrogens with zero attached hydrogens (tertiary/aromatic N) is 2. The van der Waals surface area contributed by atoms with E-state index in [1.165, 1.54) is 11.1 Å². The Labute approximate surface area is 135 Å². The van der Waals surface area contributed by atoms with E-state index in [2.05, 4.69) is 72.0 Å². The molecule has 4 aromatic rings. The van der Waals surface area contributed by atoms with Crippen LogP contribution in [0, 0.1) is 0 Å². The van der Waals surface area contributed by atoms with E-state index in [1.54, 1.807) is 0 Å². The van der Waals surface area contributed by atoms with Crippen molar-refractivity contribution in [3.05, 3.63) is 102 Å². The van der Waals surface area contributed by atoms with E-state index in [0.717, 1.165) is 16.5 Å². The van der Waals surface area contributed by atoms with E-state index in [-0.39, 0.29) is 0 Å². The van der Waals surface area contributed by atoms with Crippen LogP contribution in [-0.2, 0) is 0 Å².